The molecule has 4 heteroatoms. The third kappa shape index (κ3) is 8.22. The van der Waals surface area contributed by atoms with Gasteiger partial charge in [0, 0.05) is 25.3 Å². The Kier molecular flexibility index (Phi) is 8.84. The van der Waals surface area contributed by atoms with Crippen molar-refractivity contribution in [3.05, 3.63) is 0 Å². The molecule has 0 aromatic carbocycles. The number of amides is 1. The molecule has 1 aliphatic heterocycles. The molecule has 0 bridgehead atoms. The first-order chi connectivity index (χ1) is 9.22. The third-order valence-corrected chi connectivity index (χ3v) is 3.69. The van der Waals surface area contributed by atoms with Gasteiger partial charge in [0.15, 0.2) is 0 Å². The maximum absolute atomic E-state index is 11.8. The van der Waals surface area contributed by atoms with Gasteiger partial charge in [0.1, 0.15) is 0 Å². The molecule has 19 heavy (non-hydrogen) atoms. The van der Waals surface area contributed by atoms with Gasteiger partial charge in [-0.15, -0.1) is 0 Å². The minimum absolute atomic E-state index is 0.118. The lowest BCUT2D eigenvalue weighted by molar-refractivity contribution is -0.121. The van der Waals surface area contributed by atoms with Crippen molar-refractivity contribution in [3.63, 3.8) is 0 Å². The van der Waals surface area contributed by atoms with Gasteiger partial charge < -0.3 is 15.4 Å². The molecular formula is C15H30N2O2. The monoisotopic (exact) mass is 270 g/mol. The maximum Gasteiger partial charge on any atom is 0.234 e. The molecule has 4 nitrogen and oxygen atoms in total. The van der Waals surface area contributed by atoms with Crippen LogP contribution >= 0.6 is 0 Å². The van der Waals surface area contributed by atoms with E-state index in [-0.39, 0.29) is 5.91 Å². The molecule has 1 atom stereocenters. The van der Waals surface area contributed by atoms with Crippen LogP contribution in [0, 0.1) is 0 Å². The summed E-state index contributed by atoms with van der Waals surface area (Å²) < 4.78 is 5.28. The summed E-state index contributed by atoms with van der Waals surface area (Å²) in [7, 11) is 0. The van der Waals surface area contributed by atoms with Gasteiger partial charge in [-0.05, 0) is 26.2 Å². The van der Waals surface area contributed by atoms with Crippen LogP contribution in [0.2, 0.25) is 0 Å². The second kappa shape index (κ2) is 10.2. The molecule has 112 valence electrons. The average molecular weight is 270 g/mol. The van der Waals surface area contributed by atoms with Crippen molar-refractivity contribution in [2.24, 2.45) is 0 Å². The van der Waals surface area contributed by atoms with E-state index < -0.39 is 0 Å². The second-order valence-corrected chi connectivity index (χ2v) is 5.59. The van der Waals surface area contributed by atoms with Gasteiger partial charge in [0.25, 0.3) is 0 Å². The summed E-state index contributed by atoms with van der Waals surface area (Å²) in [6.07, 6.45) is 8.19. The molecule has 0 aliphatic carbocycles. The van der Waals surface area contributed by atoms with E-state index in [1.54, 1.807) is 0 Å². The highest BCUT2D eigenvalue weighted by atomic mass is 16.5. The molecule has 2 N–H and O–H groups in total. The van der Waals surface area contributed by atoms with Crippen molar-refractivity contribution in [3.8, 4) is 0 Å². The first-order valence-corrected chi connectivity index (χ1v) is 7.83. The molecule has 1 unspecified atom stereocenters. The molecule has 1 heterocycles. The predicted octanol–water partition coefficient (Wildman–Crippen LogP) is 2.23. The van der Waals surface area contributed by atoms with Gasteiger partial charge in [-0.3, -0.25) is 4.79 Å². The molecule has 1 aliphatic rings. The summed E-state index contributed by atoms with van der Waals surface area (Å²) in [4.78, 5) is 11.8. The van der Waals surface area contributed by atoms with E-state index >= 15 is 0 Å². The van der Waals surface area contributed by atoms with Crippen LogP contribution in [-0.4, -0.2) is 37.7 Å². The van der Waals surface area contributed by atoms with Crippen LogP contribution in [0.1, 0.15) is 58.8 Å². The summed E-state index contributed by atoms with van der Waals surface area (Å²) >= 11 is 0. The lowest BCUT2D eigenvalue weighted by atomic mass is 10.1. The Labute approximate surface area is 117 Å². The Balaban J connectivity index is 2.01. The Bertz CT molecular complexity index is 240. The van der Waals surface area contributed by atoms with E-state index in [2.05, 4.69) is 24.5 Å². The van der Waals surface area contributed by atoms with Crippen molar-refractivity contribution in [1.29, 1.82) is 0 Å². The normalized spacial score (nSPS) is 18.2. The molecule has 0 spiro atoms. The fourth-order valence-corrected chi connectivity index (χ4v) is 2.37. The SMILES string of the molecule is CCCCCCC(C)NCC(=O)NC1CCOCC1. The highest BCUT2D eigenvalue weighted by molar-refractivity contribution is 5.78. The minimum atomic E-state index is 0.118. The molecule has 1 amide bonds. The zero-order valence-electron chi connectivity index (χ0n) is 12.5. The molecule has 1 saturated heterocycles. The fourth-order valence-electron chi connectivity index (χ4n) is 2.37. The van der Waals surface area contributed by atoms with Crippen LogP contribution in [0.5, 0.6) is 0 Å². The summed E-state index contributed by atoms with van der Waals surface area (Å²) in [5.74, 6) is 0.118. The zero-order chi connectivity index (χ0) is 13.9. The molecule has 1 rings (SSSR count). The van der Waals surface area contributed by atoms with Crippen LogP contribution < -0.4 is 10.6 Å². The number of hydrogen-bond acceptors (Lipinski definition) is 3. The Morgan fingerprint density at radius 2 is 2.00 bits per heavy atom. The van der Waals surface area contributed by atoms with E-state index in [1.165, 1.54) is 25.7 Å². The smallest absolute Gasteiger partial charge is 0.234 e. The Morgan fingerprint density at radius 3 is 2.68 bits per heavy atom. The van der Waals surface area contributed by atoms with Crippen LogP contribution in [0.15, 0.2) is 0 Å². The number of unbranched alkanes of at least 4 members (excludes halogenated alkanes) is 3. The number of carbonyl (C=O) groups excluding carboxylic acids is 1. The predicted molar refractivity (Wildman–Crippen MR) is 78.2 cm³/mol. The van der Waals surface area contributed by atoms with Crippen LogP contribution in [0.4, 0.5) is 0 Å². The Hall–Kier alpha value is -0.610. The van der Waals surface area contributed by atoms with E-state index in [1.807, 2.05) is 0 Å². The molecule has 0 saturated carbocycles. The number of nitrogens with one attached hydrogen (secondary N) is 2. The van der Waals surface area contributed by atoms with Crippen molar-refractivity contribution >= 4 is 5.91 Å². The van der Waals surface area contributed by atoms with Gasteiger partial charge >= 0.3 is 0 Å². The van der Waals surface area contributed by atoms with E-state index in [0.717, 1.165) is 32.5 Å². The summed E-state index contributed by atoms with van der Waals surface area (Å²) in [6, 6.07) is 0.736. The number of ether oxygens (including phenoxy) is 1. The average Bonchev–Trinajstić information content (AvgIpc) is 2.42. The van der Waals surface area contributed by atoms with E-state index in [4.69, 9.17) is 4.74 Å². The summed E-state index contributed by atoms with van der Waals surface area (Å²) in [5, 5.41) is 6.37. The topological polar surface area (TPSA) is 50.4 Å². The van der Waals surface area contributed by atoms with E-state index in [9.17, 15) is 4.79 Å². The van der Waals surface area contributed by atoms with Crippen molar-refractivity contribution < 1.29 is 9.53 Å². The van der Waals surface area contributed by atoms with E-state index in [0.29, 0.717) is 18.6 Å². The molecule has 0 aromatic rings. The number of rotatable bonds is 9. The van der Waals surface area contributed by atoms with Gasteiger partial charge in [-0.2, -0.15) is 0 Å². The Morgan fingerprint density at radius 1 is 1.26 bits per heavy atom. The largest absolute Gasteiger partial charge is 0.381 e. The van der Waals surface area contributed by atoms with Gasteiger partial charge in [-0.25, -0.2) is 0 Å². The molecule has 0 aromatic heterocycles. The van der Waals surface area contributed by atoms with Crippen molar-refractivity contribution in [2.75, 3.05) is 19.8 Å². The summed E-state index contributed by atoms with van der Waals surface area (Å²) in [5.41, 5.74) is 0. The van der Waals surface area contributed by atoms with Gasteiger partial charge in [-0.1, -0.05) is 32.6 Å². The standard InChI is InChI=1S/C15H30N2O2/c1-3-4-5-6-7-13(2)16-12-15(18)17-14-8-10-19-11-9-14/h13-14,16H,3-12H2,1-2H3,(H,17,18). The second-order valence-electron chi connectivity index (χ2n) is 5.59. The van der Waals surface area contributed by atoms with Crippen molar-refractivity contribution in [2.45, 2.75) is 70.9 Å². The first-order valence-electron chi connectivity index (χ1n) is 7.83. The van der Waals surface area contributed by atoms with Gasteiger partial charge in [0.05, 0.1) is 6.54 Å². The highest BCUT2D eigenvalue weighted by Gasteiger charge is 2.16. The third-order valence-electron chi connectivity index (χ3n) is 3.69. The number of carbonyl (C=O) groups is 1. The van der Waals surface area contributed by atoms with Crippen LogP contribution in [0.3, 0.4) is 0 Å². The lowest BCUT2D eigenvalue weighted by Crippen LogP contribution is -2.44. The maximum atomic E-state index is 11.8. The fraction of sp³-hybridized carbons (Fsp3) is 0.933. The van der Waals surface area contributed by atoms with Crippen LogP contribution in [-0.2, 0) is 9.53 Å². The zero-order valence-corrected chi connectivity index (χ0v) is 12.5. The molecular weight excluding hydrogens is 240 g/mol. The number of hydrogen-bond donors (Lipinski definition) is 2. The minimum Gasteiger partial charge on any atom is -0.381 e. The molecule has 1 fully saturated rings. The van der Waals surface area contributed by atoms with Crippen molar-refractivity contribution in [1.82, 2.24) is 10.6 Å². The van der Waals surface area contributed by atoms with Crippen LogP contribution in [0.25, 0.3) is 0 Å². The quantitative estimate of drug-likeness (QED) is 0.632. The van der Waals surface area contributed by atoms with Gasteiger partial charge in [0.2, 0.25) is 5.91 Å². The summed E-state index contributed by atoms with van der Waals surface area (Å²) in [6.45, 7) is 6.36. The highest BCUT2D eigenvalue weighted by Crippen LogP contribution is 2.06. The first kappa shape index (κ1) is 16.4. The lowest BCUT2D eigenvalue weighted by Gasteiger charge is -2.23. The molecule has 0 radical (unpaired) electrons.